The van der Waals surface area contributed by atoms with E-state index in [1.54, 1.807) is 6.92 Å². The number of nitrogens with one attached hydrogen (secondary N) is 1. The maximum atomic E-state index is 14.3. The highest BCUT2D eigenvalue weighted by atomic mass is 32.2. The molecule has 1 aromatic carbocycles. The summed E-state index contributed by atoms with van der Waals surface area (Å²) in [6.07, 6.45) is 1.60. The number of rotatable bonds is 6. The summed E-state index contributed by atoms with van der Waals surface area (Å²) in [7, 11) is -2.52. The van der Waals surface area contributed by atoms with Crippen molar-refractivity contribution in [3.8, 4) is 5.88 Å². The van der Waals surface area contributed by atoms with E-state index in [-0.39, 0.29) is 23.0 Å². The Morgan fingerprint density at radius 3 is 2.69 bits per heavy atom. The number of aromatic nitrogens is 3. The molecule has 3 aromatic rings. The summed E-state index contributed by atoms with van der Waals surface area (Å²) >= 11 is 0. The van der Waals surface area contributed by atoms with E-state index in [9.17, 15) is 17.2 Å². The number of nitrogens with zero attached hydrogens (tertiary/aromatic N) is 3. The average Bonchev–Trinajstić information content (AvgIpc) is 2.99. The highest BCUT2D eigenvalue weighted by Gasteiger charge is 2.27. The Kier molecular flexibility index (Phi) is 4.77. The number of hydrogen-bond acceptors (Lipinski definition) is 5. The molecule has 0 bridgehead atoms. The Labute approximate surface area is 148 Å². The molecule has 0 saturated heterocycles. The van der Waals surface area contributed by atoms with Crippen LogP contribution in [-0.4, -0.2) is 36.5 Å². The fourth-order valence-corrected chi connectivity index (χ4v) is 4.15. The van der Waals surface area contributed by atoms with E-state index in [0.717, 1.165) is 16.4 Å². The maximum Gasteiger partial charge on any atom is 0.242 e. The number of ether oxygens (including phenoxy) is 1. The van der Waals surface area contributed by atoms with Crippen molar-refractivity contribution in [3.63, 3.8) is 0 Å². The smallest absolute Gasteiger partial charge is 0.242 e. The van der Waals surface area contributed by atoms with Gasteiger partial charge in [-0.2, -0.15) is 0 Å². The summed E-state index contributed by atoms with van der Waals surface area (Å²) in [5.41, 5.74) is 0.192. The van der Waals surface area contributed by atoms with E-state index in [0.29, 0.717) is 23.5 Å². The van der Waals surface area contributed by atoms with E-state index in [4.69, 9.17) is 4.74 Å². The zero-order chi connectivity index (χ0) is 18.9. The first-order chi connectivity index (χ1) is 12.4. The van der Waals surface area contributed by atoms with Crippen LogP contribution in [0.1, 0.15) is 13.3 Å². The van der Waals surface area contributed by atoms with Gasteiger partial charge < -0.3 is 4.74 Å². The number of fused-ring (bicyclic) bond motifs is 1. The second kappa shape index (κ2) is 6.87. The lowest BCUT2D eigenvalue weighted by atomic mass is 10.2. The van der Waals surface area contributed by atoms with Crippen molar-refractivity contribution < 1.29 is 21.9 Å². The largest absolute Gasteiger partial charge is 0.479 e. The Balaban J connectivity index is 2.23. The fraction of sp³-hybridized carbons (Fsp3) is 0.250. The average molecular weight is 382 g/mol. The number of pyridine rings is 1. The number of aromatic amines is 1. The monoisotopic (exact) mass is 382 g/mol. The molecular formula is C16H16F2N4O3S. The van der Waals surface area contributed by atoms with E-state index < -0.39 is 21.7 Å². The van der Waals surface area contributed by atoms with Crippen LogP contribution < -0.4 is 9.04 Å². The SMILES string of the molecule is CCCS(=O)(=O)N(c1cnc2[nH]nc(OC)c2c1)c1ccc(F)cc1F. The molecule has 3 rings (SSSR count). The van der Waals surface area contributed by atoms with Crippen molar-refractivity contribution in [3.05, 3.63) is 42.1 Å². The summed E-state index contributed by atoms with van der Waals surface area (Å²) in [6, 6.07) is 4.18. The molecule has 0 unspecified atom stereocenters. The van der Waals surface area contributed by atoms with Crippen LogP contribution in [0, 0.1) is 11.6 Å². The molecule has 0 spiro atoms. The minimum absolute atomic E-state index is 0.0937. The molecule has 0 atom stereocenters. The van der Waals surface area contributed by atoms with Gasteiger partial charge in [0.15, 0.2) is 11.5 Å². The van der Waals surface area contributed by atoms with Gasteiger partial charge >= 0.3 is 0 Å². The molecule has 138 valence electrons. The van der Waals surface area contributed by atoms with Gasteiger partial charge in [-0.1, -0.05) is 6.92 Å². The number of H-pyrrole nitrogens is 1. The topological polar surface area (TPSA) is 88.2 Å². The first kappa shape index (κ1) is 18.1. The molecule has 26 heavy (non-hydrogen) atoms. The lowest BCUT2D eigenvalue weighted by molar-refractivity contribution is 0.401. The molecule has 0 aliphatic rings. The highest BCUT2D eigenvalue weighted by Crippen LogP contribution is 2.34. The molecule has 2 aromatic heterocycles. The zero-order valence-corrected chi connectivity index (χ0v) is 14.8. The van der Waals surface area contributed by atoms with Gasteiger partial charge in [-0.25, -0.2) is 26.5 Å². The molecule has 0 saturated carbocycles. The summed E-state index contributed by atoms with van der Waals surface area (Å²) in [5, 5.41) is 7.00. The fourth-order valence-electron chi connectivity index (χ4n) is 2.58. The summed E-state index contributed by atoms with van der Waals surface area (Å²) in [4.78, 5) is 4.12. The molecule has 0 aliphatic carbocycles. The van der Waals surface area contributed by atoms with E-state index in [2.05, 4.69) is 15.2 Å². The third kappa shape index (κ3) is 3.19. The lowest BCUT2D eigenvalue weighted by Crippen LogP contribution is -2.29. The number of methoxy groups -OCH3 is 1. The van der Waals surface area contributed by atoms with E-state index in [1.807, 2.05) is 0 Å². The number of benzene rings is 1. The van der Waals surface area contributed by atoms with E-state index >= 15 is 0 Å². The van der Waals surface area contributed by atoms with Crippen molar-refractivity contribution in [2.75, 3.05) is 17.2 Å². The van der Waals surface area contributed by atoms with Gasteiger partial charge in [-0.3, -0.25) is 5.10 Å². The predicted molar refractivity (Wildman–Crippen MR) is 93.0 cm³/mol. The minimum atomic E-state index is -3.93. The molecule has 2 heterocycles. The molecule has 7 nitrogen and oxygen atoms in total. The molecular weight excluding hydrogens is 366 g/mol. The normalized spacial score (nSPS) is 11.7. The van der Waals surface area contributed by atoms with Crippen molar-refractivity contribution in [2.45, 2.75) is 13.3 Å². The Hall–Kier alpha value is -2.75. The van der Waals surface area contributed by atoms with Gasteiger partial charge in [-0.05, 0) is 24.6 Å². The predicted octanol–water partition coefficient (Wildman–Crippen LogP) is 3.12. The lowest BCUT2D eigenvalue weighted by Gasteiger charge is -2.24. The summed E-state index contributed by atoms with van der Waals surface area (Å²) in [6.45, 7) is 1.69. The Morgan fingerprint density at radius 1 is 1.27 bits per heavy atom. The third-order valence-corrected chi connectivity index (χ3v) is 5.55. The molecule has 1 N–H and O–H groups in total. The minimum Gasteiger partial charge on any atom is -0.479 e. The van der Waals surface area contributed by atoms with Crippen LogP contribution in [0.3, 0.4) is 0 Å². The molecule has 10 heteroatoms. The van der Waals surface area contributed by atoms with Crippen molar-refractivity contribution >= 4 is 32.4 Å². The second-order valence-corrected chi connectivity index (χ2v) is 7.44. The van der Waals surface area contributed by atoms with Crippen molar-refractivity contribution in [1.29, 1.82) is 0 Å². The van der Waals surface area contributed by atoms with E-state index in [1.165, 1.54) is 19.4 Å². The maximum absolute atomic E-state index is 14.3. The first-order valence-electron chi connectivity index (χ1n) is 7.73. The number of sulfonamides is 1. The number of halogens is 2. The molecule has 0 aliphatic heterocycles. The molecule has 0 amide bonds. The van der Waals surface area contributed by atoms with Crippen LogP contribution >= 0.6 is 0 Å². The number of hydrogen-bond donors (Lipinski definition) is 1. The van der Waals surface area contributed by atoms with Crippen molar-refractivity contribution in [2.24, 2.45) is 0 Å². The summed E-state index contributed by atoms with van der Waals surface area (Å²) < 4.78 is 59.1. The van der Waals surface area contributed by atoms with Gasteiger partial charge in [0.25, 0.3) is 0 Å². The Morgan fingerprint density at radius 2 is 2.04 bits per heavy atom. The van der Waals surface area contributed by atoms with Crippen LogP contribution in [0.5, 0.6) is 5.88 Å². The second-order valence-electron chi connectivity index (χ2n) is 5.50. The van der Waals surface area contributed by atoms with Crippen LogP contribution in [0.4, 0.5) is 20.2 Å². The first-order valence-corrected chi connectivity index (χ1v) is 9.34. The standard InChI is InChI=1S/C16H16F2N4O3S/c1-3-6-26(23,24)22(14-5-4-10(17)7-13(14)18)11-8-12-15(19-9-11)20-21-16(12)25-2/h4-5,7-9H,3,6H2,1-2H3,(H,19,20,21). The van der Waals surface area contributed by atoms with Gasteiger partial charge in [0.1, 0.15) is 5.82 Å². The quantitative estimate of drug-likeness (QED) is 0.708. The van der Waals surface area contributed by atoms with Gasteiger partial charge in [-0.15, -0.1) is 5.10 Å². The van der Waals surface area contributed by atoms with Gasteiger partial charge in [0.05, 0.1) is 35.8 Å². The van der Waals surface area contributed by atoms with Gasteiger partial charge in [0.2, 0.25) is 15.9 Å². The molecule has 0 fully saturated rings. The van der Waals surface area contributed by atoms with Crippen LogP contribution in [0.2, 0.25) is 0 Å². The Bertz CT molecular complexity index is 1050. The number of anilines is 2. The van der Waals surface area contributed by atoms with Crippen molar-refractivity contribution in [1.82, 2.24) is 15.2 Å². The van der Waals surface area contributed by atoms with Crippen LogP contribution in [0.25, 0.3) is 11.0 Å². The van der Waals surface area contributed by atoms with Crippen LogP contribution in [0.15, 0.2) is 30.5 Å². The summed E-state index contributed by atoms with van der Waals surface area (Å²) in [5.74, 6) is -1.79. The molecule has 0 radical (unpaired) electrons. The van der Waals surface area contributed by atoms with Gasteiger partial charge in [0, 0.05) is 6.07 Å². The zero-order valence-electron chi connectivity index (χ0n) is 14.0. The third-order valence-electron chi connectivity index (χ3n) is 3.66. The van der Waals surface area contributed by atoms with Crippen LogP contribution in [-0.2, 0) is 10.0 Å². The highest BCUT2D eigenvalue weighted by molar-refractivity contribution is 7.93.